The number of hydrogen-bond acceptors (Lipinski definition) is 5. The first kappa shape index (κ1) is 23.4. The van der Waals surface area contributed by atoms with E-state index in [0.717, 1.165) is 43.0 Å². The van der Waals surface area contributed by atoms with Crippen molar-refractivity contribution in [2.45, 2.75) is 32.4 Å². The summed E-state index contributed by atoms with van der Waals surface area (Å²) in [5.41, 5.74) is 2.11. The van der Waals surface area contributed by atoms with Crippen LogP contribution in [0.3, 0.4) is 0 Å². The van der Waals surface area contributed by atoms with Crippen LogP contribution >= 0.6 is 24.0 Å². The van der Waals surface area contributed by atoms with Crippen molar-refractivity contribution in [1.82, 2.24) is 25.0 Å². The predicted molar refractivity (Wildman–Crippen MR) is 124 cm³/mol. The summed E-state index contributed by atoms with van der Waals surface area (Å²) in [6, 6.07) is 3.96. The van der Waals surface area contributed by atoms with Crippen LogP contribution in [-0.2, 0) is 18.3 Å². The third-order valence-corrected chi connectivity index (χ3v) is 4.70. The highest BCUT2D eigenvalue weighted by Crippen LogP contribution is 2.22. The molecule has 160 valence electrons. The maximum absolute atomic E-state index is 5.93. The Hall–Kier alpha value is -1.88. The van der Waals surface area contributed by atoms with Crippen molar-refractivity contribution >= 4 is 29.9 Å². The third-order valence-electron chi connectivity index (χ3n) is 4.70. The average molecular weight is 514 g/mol. The molecule has 0 aromatic carbocycles. The van der Waals surface area contributed by atoms with E-state index in [2.05, 4.69) is 32.2 Å². The lowest BCUT2D eigenvalue weighted by Crippen LogP contribution is -2.47. The van der Waals surface area contributed by atoms with Crippen molar-refractivity contribution in [2.24, 2.45) is 12.0 Å². The number of ether oxygens (including phenoxy) is 2. The van der Waals surface area contributed by atoms with Gasteiger partial charge in [-0.05, 0) is 12.5 Å². The lowest BCUT2D eigenvalue weighted by Gasteiger charge is -2.34. The average Bonchev–Trinajstić information content (AvgIpc) is 3.16. The Morgan fingerprint density at radius 1 is 1.45 bits per heavy atom. The molecule has 0 bridgehead atoms. The van der Waals surface area contributed by atoms with Gasteiger partial charge in [-0.3, -0.25) is 9.67 Å². The van der Waals surface area contributed by atoms with Crippen LogP contribution in [0.15, 0.2) is 35.7 Å². The summed E-state index contributed by atoms with van der Waals surface area (Å²) in [5.74, 6) is 1.54. The molecule has 29 heavy (non-hydrogen) atoms. The number of aliphatic imine (C=N–C) groups is 1. The molecule has 9 heteroatoms. The minimum atomic E-state index is -0.00710. The van der Waals surface area contributed by atoms with Crippen molar-refractivity contribution in [3.05, 3.63) is 41.9 Å². The number of rotatable bonds is 7. The number of pyridine rings is 1. The quantitative estimate of drug-likeness (QED) is 0.265. The SMILES string of the molecule is CCCCOc1ncccc1CNC(=NC)N1CCOC(c2cnn(C)c2)C1.I. The highest BCUT2D eigenvalue weighted by molar-refractivity contribution is 14.0. The second kappa shape index (κ2) is 12.0. The molecule has 1 aliphatic rings. The maximum Gasteiger partial charge on any atom is 0.218 e. The number of aromatic nitrogens is 3. The lowest BCUT2D eigenvalue weighted by atomic mass is 10.1. The van der Waals surface area contributed by atoms with Gasteiger partial charge in [-0.1, -0.05) is 19.4 Å². The standard InChI is InChI=1S/C20H30N6O2.HI/c1-4-5-10-28-19-16(7-6-8-22-19)12-23-20(21-2)26-9-11-27-18(15-26)17-13-24-25(3)14-17;/h6-8,13-14,18H,4-5,9-12,15H2,1-3H3,(H,21,23);1H. The van der Waals surface area contributed by atoms with E-state index in [9.17, 15) is 0 Å². The summed E-state index contributed by atoms with van der Waals surface area (Å²) in [6.45, 7) is 5.62. The molecule has 1 atom stereocenters. The number of unbranched alkanes of at least 4 members (excludes halogenated alkanes) is 1. The van der Waals surface area contributed by atoms with Gasteiger partial charge in [0.2, 0.25) is 5.88 Å². The van der Waals surface area contributed by atoms with E-state index in [1.54, 1.807) is 17.9 Å². The Labute approximate surface area is 189 Å². The zero-order chi connectivity index (χ0) is 19.8. The van der Waals surface area contributed by atoms with E-state index >= 15 is 0 Å². The monoisotopic (exact) mass is 514 g/mol. The van der Waals surface area contributed by atoms with E-state index in [1.807, 2.05) is 31.6 Å². The Balaban J connectivity index is 0.00000300. The number of halogens is 1. The van der Waals surface area contributed by atoms with Gasteiger partial charge in [-0.25, -0.2) is 4.98 Å². The van der Waals surface area contributed by atoms with Crippen LogP contribution < -0.4 is 10.1 Å². The molecule has 0 aliphatic carbocycles. The van der Waals surface area contributed by atoms with Crippen molar-refractivity contribution in [3.63, 3.8) is 0 Å². The number of hydrogen-bond donors (Lipinski definition) is 1. The van der Waals surface area contributed by atoms with Crippen LogP contribution in [0.2, 0.25) is 0 Å². The van der Waals surface area contributed by atoms with Crippen molar-refractivity contribution in [3.8, 4) is 5.88 Å². The minimum Gasteiger partial charge on any atom is -0.477 e. The first-order chi connectivity index (χ1) is 13.7. The van der Waals surface area contributed by atoms with E-state index in [4.69, 9.17) is 9.47 Å². The molecule has 1 unspecified atom stereocenters. The largest absolute Gasteiger partial charge is 0.477 e. The molecule has 3 heterocycles. The van der Waals surface area contributed by atoms with Gasteiger partial charge in [0.15, 0.2) is 5.96 Å². The van der Waals surface area contributed by atoms with E-state index in [1.165, 1.54) is 0 Å². The molecule has 0 amide bonds. The zero-order valence-electron chi connectivity index (χ0n) is 17.4. The highest BCUT2D eigenvalue weighted by atomic mass is 127. The molecule has 1 saturated heterocycles. The van der Waals surface area contributed by atoms with Crippen LogP contribution in [0.1, 0.15) is 37.0 Å². The molecule has 0 saturated carbocycles. The van der Waals surface area contributed by atoms with Crippen LogP contribution in [0.5, 0.6) is 5.88 Å². The first-order valence-corrected chi connectivity index (χ1v) is 9.83. The summed E-state index contributed by atoms with van der Waals surface area (Å²) in [7, 11) is 3.72. The van der Waals surface area contributed by atoms with Gasteiger partial charge in [0.05, 0.1) is 26.0 Å². The van der Waals surface area contributed by atoms with Gasteiger partial charge in [0.1, 0.15) is 6.10 Å². The molecular formula is C20H31IN6O2. The van der Waals surface area contributed by atoms with Crippen molar-refractivity contribution in [2.75, 3.05) is 33.4 Å². The number of nitrogens with zero attached hydrogens (tertiary/aromatic N) is 5. The fraction of sp³-hybridized carbons (Fsp3) is 0.550. The summed E-state index contributed by atoms with van der Waals surface area (Å²) in [6.07, 6.45) is 7.74. The Morgan fingerprint density at radius 2 is 2.31 bits per heavy atom. The summed E-state index contributed by atoms with van der Waals surface area (Å²) >= 11 is 0. The number of nitrogens with one attached hydrogen (secondary N) is 1. The fourth-order valence-electron chi connectivity index (χ4n) is 3.16. The molecule has 1 aliphatic heterocycles. The summed E-state index contributed by atoms with van der Waals surface area (Å²) in [5, 5.41) is 7.69. The van der Waals surface area contributed by atoms with E-state index in [0.29, 0.717) is 25.6 Å². The van der Waals surface area contributed by atoms with Gasteiger partial charge in [-0.15, -0.1) is 24.0 Å². The number of morpholine rings is 1. The van der Waals surface area contributed by atoms with Gasteiger partial charge in [0, 0.05) is 50.7 Å². The molecule has 1 fully saturated rings. The fourth-order valence-corrected chi connectivity index (χ4v) is 3.16. The normalized spacial score (nSPS) is 17.0. The number of guanidine groups is 1. The molecule has 3 rings (SSSR count). The molecule has 0 spiro atoms. The van der Waals surface area contributed by atoms with Crippen LogP contribution in [0, 0.1) is 0 Å². The van der Waals surface area contributed by atoms with Crippen LogP contribution in [0.25, 0.3) is 0 Å². The topological polar surface area (TPSA) is 76.8 Å². The maximum atomic E-state index is 5.93. The van der Waals surface area contributed by atoms with Gasteiger partial charge in [0.25, 0.3) is 0 Å². The Bertz CT molecular complexity index is 782. The number of aryl methyl sites for hydroxylation is 1. The third kappa shape index (κ3) is 6.56. The van der Waals surface area contributed by atoms with Crippen LogP contribution in [-0.4, -0.2) is 59.0 Å². The molecule has 0 radical (unpaired) electrons. The van der Waals surface area contributed by atoms with Crippen molar-refractivity contribution in [1.29, 1.82) is 0 Å². The highest BCUT2D eigenvalue weighted by Gasteiger charge is 2.25. The molecule has 1 N–H and O–H groups in total. The first-order valence-electron chi connectivity index (χ1n) is 9.83. The van der Waals surface area contributed by atoms with Gasteiger partial charge >= 0.3 is 0 Å². The van der Waals surface area contributed by atoms with Crippen molar-refractivity contribution < 1.29 is 9.47 Å². The lowest BCUT2D eigenvalue weighted by molar-refractivity contribution is -0.00805. The minimum absolute atomic E-state index is 0. The predicted octanol–water partition coefficient (Wildman–Crippen LogP) is 2.76. The molecule has 8 nitrogen and oxygen atoms in total. The molecule has 2 aromatic rings. The smallest absolute Gasteiger partial charge is 0.218 e. The van der Waals surface area contributed by atoms with Gasteiger partial charge < -0.3 is 19.7 Å². The molecular weight excluding hydrogens is 483 g/mol. The molecule has 2 aromatic heterocycles. The van der Waals surface area contributed by atoms with E-state index < -0.39 is 0 Å². The van der Waals surface area contributed by atoms with Gasteiger partial charge in [-0.2, -0.15) is 5.10 Å². The van der Waals surface area contributed by atoms with E-state index in [-0.39, 0.29) is 30.1 Å². The summed E-state index contributed by atoms with van der Waals surface area (Å²) < 4.78 is 13.6. The Morgan fingerprint density at radius 3 is 3.03 bits per heavy atom. The van der Waals surface area contributed by atoms with Crippen LogP contribution in [0.4, 0.5) is 0 Å². The second-order valence-electron chi connectivity index (χ2n) is 6.82. The zero-order valence-corrected chi connectivity index (χ0v) is 19.7. The second-order valence-corrected chi connectivity index (χ2v) is 6.82. The summed E-state index contributed by atoms with van der Waals surface area (Å²) in [4.78, 5) is 11.1. The Kier molecular flexibility index (Phi) is 9.65.